The second-order valence-corrected chi connectivity index (χ2v) is 2.12. The van der Waals surface area contributed by atoms with Gasteiger partial charge >= 0.3 is 0 Å². The molecule has 0 aromatic rings. The van der Waals surface area contributed by atoms with E-state index in [2.05, 4.69) is 20.8 Å². The van der Waals surface area contributed by atoms with Crippen LogP contribution in [0.15, 0.2) is 11.1 Å². The van der Waals surface area contributed by atoms with Crippen LogP contribution in [0, 0.1) is 0 Å². The van der Waals surface area contributed by atoms with Gasteiger partial charge in [0.2, 0.25) is 0 Å². The van der Waals surface area contributed by atoms with Crippen molar-refractivity contribution >= 4 is 0 Å². The standard InChI is InChI=1S/C7H15N/c1-4-6(2)7(3)5-8/h4-5,8H2,1-3H3/b7-6+. The highest BCUT2D eigenvalue weighted by molar-refractivity contribution is 5.09. The van der Waals surface area contributed by atoms with Crippen LogP contribution >= 0.6 is 0 Å². The quantitative estimate of drug-likeness (QED) is 0.542. The number of nitrogens with two attached hydrogens (primary N) is 1. The average molecular weight is 113 g/mol. The van der Waals surface area contributed by atoms with Gasteiger partial charge in [-0.3, -0.25) is 0 Å². The molecule has 0 bridgehead atoms. The smallest absolute Gasteiger partial charge is 0.0136 e. The third-order valence-electron chi connectivity index (χ3n) is 1.57. The van der Waals surface area contributed by atoms with Crippen LogP contribution in [-0.4, -0.2) is 6.54 Å². The van der Waals surface area contributed by atoms with Crippen molar-refractivity contribution in [1.29, 1.82) is 0 Å². The Hall–Kier alpha value is -0.300. The summed E-state index contributed by atoms with van der Waals surface area (Å²) in [6.45, 7) is 7.06. The Morgan fingerprint density at radius 2 is 1.75 bits per heavy atom. The molecule has 8 heavy (non-hydrogen) atoms. The lowest BCUT2D eigenvalue weighted by molar-refractivity contribution is 1.01. The van der Waals surface area contributed by atoms with Crippen molar-refractivity contribution in [3.63, 3.8) is 0 Å². The third-order valence-corrected chi connectivity index (χ3v) is 1.57. The lowest BCUT2D eigenvalue weighted by Gasteiger charge is -1.99. The van der Waals surface area contributed by atoms with Crippen LogP contribution in [0.2, 0.25) is 0 Å². The highest BCUT2D eigenvalue weighted by atomic mass is 14.5. The second kappa shape index (κ2) is 3.67. The summed E-state index contributed by atoms with van der Waals surface area (Å²) in [5.41, 5.74) is 8.14. The first-order valence-electron chi connectivity index (χ1n) is 3.07. The number of hydrogen-bond donors (Lipinski definition) is 1. The van der Waals surface area contributed by atoms with Crippen LogP contribution in [0.4, 0.5) is 0 Å². The van der Waals surface area contributed by atoms with Crippen LogP contribution in [-0.2, 0) is 0 Å². The Balaban J connectivity index is 3.83. The van der Waals surface area contributed by atoms with Gasteiger partial charge in [0.05, 0.1) is 0 Å². The van der Waals surface area contributed by atoms with Crippen molar-refractivity contribution in [3.8, 4) is 0 Å². The van der Waals surface area contributed by atoms with Gasteiger partial charge in [-0.2, -0.15) is 0 Å². The van der Waals surface area contributed by atoms with E-state index < -0.39 is 0 Å². The molecule has 0 heterocycles. The molecule has 0 fully saturated rings. The zero-order valence-electron chi connectivity index (χ0n) is 5.99. The number of allylic oxidation sites excluding steroid dienone is 1. The molecule has 1 nitrogen and oxygen atoms in total. The zero-order valence-corrected chi connectivity index (χ0v) is 5.99. The summed E-state index contributed by atoms with van der Waals surface area (Å²) in [7, 11) is 0. The fourth-order valence-electron chi connectivity index (χ4n) is 0.476. The molecule has 0 aliphatic carbocycles. The largest absolute Gasteiger partial charge is 0.327 e. The van der Waals surface area contributed by atoms with E-state index in [0.29, 0.717) is 6.54 Å². The Labute approximate surface area is 51.6 Å². The van der Waals surface area contributed by atoms with E-state index >= 15 is 0 Å². The summed E-state index contributed by atoms with van der Waals surface area (Å²) in [5, 5.41) is 0. The highest BCUT2D eigenvalue weighted by Crippen LogP contribution is 2.03. The molecular weight excluding hydrogens is 98.1 g/mol. The fraction of sp³-hybridized carbons (Fsp3) is 0.714. The van der Waals surface area contributed by atoms with Gasteiger partial charge in [-0.1, -0.05) is 18.1 Å². The summed E-state index contributed by atoms with van der Waals surface area (Å²) in [4.78, 5) is 0. The van der Waals surface area contributed by atoms with Crippen LogP contribution < -0.4 is 5.73 Å². The Morgan fingerprint density at radius 1 is 1.25 bits per heavy atom. The third kappa shape index (κ3) is 2.12. The van der Waals surface area contributed by atoms with Gasteiger partial charge in [-0.05, 0) is 20.3 Å². The van der Waals surface area contributed by atoms with Crippen LogP contribution in [0.1, 0.15) is 27.2 Å². The minimum absolute atomic E-state index is 0.708. The minimum atomic E-state index is 0.708. The molecule has 0 aromatic carbocycles. The van der Waals surface area contributed by atoms with Gasteiger partial charge in [-0.25, -0.2) is 0 Å². The van der Waals surface area contributed by atoms with Gasteiger partial charge in [0.25, 0.3) is 0 Å². The first-order valence-corrected chi connectivity index (χ1v) is 3.07. The van der Waals surface area contributed by atoms with E-state index in [1.807, 2.05) is 0 Å². The van der Waals surface area contributed by atoms with Gasteiger partial charge in [0.1, 0.15) is 0 Å². The molecule has 2 N–H and O–H groups in total. The van der Waals surface area contributed by atoms with Crippen molar-refractivity contribution in [1.82, 2.24) is 0 Å². The van der Waals surface area contributed by atoms with E-state index in [0.717, 1.165) is 6.42 Å². The number of hydrogen-bond acceptors (Lipinski definition) is 1. The molecule has 0 saturated heterocycles. The van der Waals surface area contributed by atoms with E-state index in [-0.39, 0.29) is 0 Å². The maximum atomic E-state index is 5.39. The molecule has 48 valence electrons. The number of rotatable bonds is 2. The lowest BCUT2D eigenvalue weighted by Crippen LogP contribution is -2.01. The summed E-state index contributed by atoms with van der Waals surface area (Å²) < 4.78 is 0. The summed E-state index contributed by atoms with van der Waals surface area (Å²) in [6.07, 6.45) is 1.13. The average Bonchev–Trinajstić information content (AvgIpc) is 1.84. The normalized spacial score (nSPS) is 13.5. The maximum absolute atomic E-state index is 5.39. The predicted molar refractivity (Wildman–Crippen MR) is 37.7 cm³/mol. The first kappa shape index (κ1) is 7.70. The zero-order chi connectivity index (χ0) is 6.57. The van der Waals surface area contributed by atoms with Crippen LogP contribution in [0.25, 0.3) is 0 Å². The Kier molecular flexibility index (Phi) is 3.53. The molecule has 0 saturated carbocycles. The SMILES string of the molecule is CC/C(C)=C(\C)CN. The lowest BCUT2D eigenvalue weighted by atomic mass is 10.1. The highest BCUT2D eigenvalue weighted by Gasteiger charge is 1.88. The summed E-state index contributed by atoms with van der Waals surface area (Å²) >= 11 is 0. The van der Waals surface area contributed by atoms with E-state index in [4.69, 9.17) is 5.73 Å². The minimum Gasteiger partial charge on any atom is -0.327 e. The van der Waals surface area contributed by atoms with Crippen molar-refractivity contribution < 1.29 is 0 Å². The molecule has 0 aliphatic heterocycles. The second-order valence-electron chi connectivity index (χ2n) is 2.12. The maximum Gasteiger partial charge on any atom is 0.0136 e. The topological polar surface area (TPSA) is 26.0 Å². The summed E-state index contributed by atoms with van der Waals surface area (Å²) in [5.74, 6) is 0. The molecule has 0 spiro atoms. The van der Waals surface area contributed by atoms with Gasteiger partial charge in [0.15, 0.2) is 0 Å². The molecule has 0 atom stereocenters. The fourth-order valence-corrected chi connectivity index (χ4v) is 0.476. The van der Waals surface area contributed by atoms with E-state index in [1.165, 1.54) is 11.1 Å². The Morgan fingerprint density at radius 3 is 1.88 bits per heavy atom. The van der Waals surface area contributed by atoms with Crippen molar-refractivity contribution in [2.75, 3.05) is 6.54 Å². The molecule has 0 aromatic heterocycles. The van der Waals surface area contributed by atoms with Crippen molar-refractivity contribution in [3.05, 3.63) is 11.1 Å². The molecule has 0 rings (SSSR count). The van der Waals surface area contributed by atoms with E-state index in [9.17, 15) is 0 Å². The van der Waals surface area contributed by atoms with Crippen LogP contribution in [0.3, 0.4) is 0 Å². The monoisotopic (exact) mass is 113 g/mol. The van der Waals surface area contributed by atoms with Crippen LogP contribution in [0.5, 0.6) is 0 Å². The first-order chi connectivity index (χ1) is 3.72. The Bertz CT molecular complexity index is 80.6. The van der Waals surface area contributed by atoms with E-state index in [1.54, 1.807) is 0 Å². The predicted octanol–water partition coefficient (Wildman–Crippen LogP) is 1.69. The molecule has 0 unspecified atom stereocenters. The molecule has 0 radical (unpaired) electrons. The van der Waals surface area contributed by atoms with Crippen molar-refractivity contribution in [2.45, 2.75) is 27.2 Å². The molecule has 0 amide bonds. The van der Waals surface area contributed by atoms with Crippen molar-refractivity contribution in [2.24, 2.45) is 5.73 Å². The molecular formula is C7H15N. The molecule has 0 aliphatic rings. The summed E-state index contributed by atoms with van der Waals surface area (Å²) in [6, 6.07) is 0. The van der Waals surface area contributed by atoms with Gasteiger partial charge < -0.3 is 5.73 Å². The van der Waals surface area contributed by atoms with Gasteiger partial charge in [-0.15, -0.1) is 0 Å². The van der Waals surface area contributed by atoms with Gasteiger partial charge in [0, 0.05) is 6.54 Å². The molecule has 1 heteroatoms.